The van der Waals surface area contributed by atoms with Gasteiger partial charge in [0.05, 0.1) is 12.1 Å². The SMILES string of the molecule is Cc1c(-c2cccc(Cl)c2)c2cc(C(=O)O)ccc2n1C/C(F)=C/CNCl. The molecule has 1 aromatic heterocycles. The molecule has 1 heterocycles. The van der Waals surface area contributed by atoms with E-state index in [0.717, 1.165) is 27.7 Å². The van der Waals surface area contributed by atoms with Crippen LogP contribution in [0.1, 0.15) is 16.1 Å². The molecule has 0 unspecified atom stereocenters. The lowest BCUT2D eigenvalue weighted by Gasteiger charge is -2.08. The number of aromatic carboxylic acids is 1. The zero-order chi connectivity index (χ0) is 19.6. The van der Waals surface area contributed by atoms with E-state index < -0.39 is 5.97 Å². The molecule has 0 bridgehead atoms. The van der Waals surface area contributed by atoms with Crippen LogP contribution in [0.3, 0.4) is 0 Å². The van der Waals surface area contributed by atoms with E-state index in [2.05, 4.69) is 4.84 Å². The summed E-state index contributed by atoms with van der Waals surface area (Å²) in [6, 6.07) is 12.1. The molecule has 0 aliphatic heterocycles. The third-order valence-electron chi connectivity index (χ3n) is 4.39. The summed E-state index contributed by atoms with van der Waals surface area (Å²) in [5, 5.41) is 10.7. The molecule has 0 aliphatic rings. The average Bonchev–Trinajstić information content (AvgIpc) is 2.91. The summed E-state index contributed by atoms with van der Waals surface area (Å²) < 4.78 is 16.1. The van der Waals surface area contributed by atoms with Gasteiger partial charge in [-0.2, -0.15) is 0 Å². The van der Waals surface area contributed by atoms with Crippen molar-refractivity contribution in [1.82, 2.24) is 9.40 Å². The molecule has 0 atom stereocenters. The molecule has 4 nitrogen and oxygen atoms in total. The maximum atomic E-state index is 14.3. The van der Waals surface area contributed by atoms with Crippen LogP contribution >= 0.6 is 23.4 Å². The predicted molar refractivity (Wildman–Crippen MR) is 107 cm³/mol. The van der Waals surface area contributed by atoms with Crippen LogP contribution in [0, 0.1) is 6.92 Å². The molecular formula is C20H17Cl2FN2O2. The summed E-state index contributed by atoms with van der Waals surface area (Å²) in [5.41, 5.74) is 3.41. The minimum atomic E-state index is -1.02. The summed E-state index contributed by atoms with van der Waals surface area (Å²) >= 11 is 11.5. The summed E-state index contributed by atoms with van der Waals surface area (Å²) in [5.74, 6) is -1.36. The van der Waals surface area contributed by atoms with Gasteiger partial charge in [0.1, 0.15) is 5.83 Å². The van der Waals surface area contributed by atoms with Crippen LogP contribution in [0.4, 0.5) is 4.39 Å². The smallest absolute Gasteiger partial charge is 0.335 e. The normalized spacial score (nSPS) is 11.9. The van der Waals surface area contributed by atoms with Gasteiger partial charge in [-0.05, 0) is 60.7 Å². The van der Waals surface area contributed by atoms with Gasteiger partial charge in [-0.3, -0.25) is 0 Å². The Balaban J connectivity index is 2.25. The molecule has 140 valence electrons. The maximum absolute atomic E-state index is 14.3. The summed E-state index contributed by atoms with van der Waals surface area (Å²) in [6.07, 6.45) is 1.36. The van der Waals surface area contributed by atoms with Gasteiger partial charge in [0.2, 0.25) is 0 Å². The van der Waals surface area contributed by atoms with E-state index in [4.69, 9.17) is 23.4 Å². The second kappa shape index (κ2) is 8.13. The number of fused-ring (bicyclic) bond motifs is 1. The van der Waals surface area contributed by atoms with Crippen molar-refractivity contribution in [3.05, 3.63) is 70.6 Å². The molecule has 2 aromatic carbocycles. The van der Waals surface area contributed by atoms with Gasteiger partial charge in [0, 0.05) is 33.7 Å². The van der Waals surface area contributed by atoms with Crippen molar-refractivity contribution in [3.8, 4) is 11.1 Å². The molecule has 0 aliphatic carbocycles. The monoisotopic (exact) mass is 406 g/mol. The number of halogens is 3. The first-order chi connectivity index (χ1) is 12.9. The van der Waals surface area contributed by atoms with Gasteiger partial charge < -0.3 is 9.67 Å². The highest BCUT2D eigenvalue weighted by Crippen LogP contribution is 2.36. The number of carboxylic acid groups (broad SMARTS) is 1. The Kier molecular flexibility index (Phi) is 5.85. The Bertz CT molecular complexity index is 1040. The lowest BCUT2D eigenvalue weighted by atomic mass is 10.0. The molecule has 27 heavy (non-hydrogen) atoms. The molecule has 0 amide bonds. The Morgan fingerprint density at radius 3 is 2.74 bits per heavy atom. The highest BCUT2D eigenvalue weighted by molar-refractivity contribution is 6.31. The number of rotatable bonds is 6. The minimum absolute atomic E-state index is 0.0217. The van der Waals surface area contributed by atoms with Crippen molar-refractivity contribution in [1.29, 1.82) is 0 Å². The van der Waals surface area contributed by atoms with Crippen LogP contribution in [-0.4, -0.2) is 22.2 Å². The van der Waals surface area contributed by atoms with Crippen molar-refractivity contribution >= 4 is 40.2 Å². The highest BCUT2D eigenvalue weighted by atomic mass is 35.5. The number of nitrogens with one attached hydrogen (secondary N) is 1. The topological polar surface area (TPSA) is 54.3 Å². The van der Waals surface area contributed by atoms with Crippen LogP contribution in [0.5, 0.6) is 0 Å². The Morgan fingerprint density at radius 1 is 1.30 bits per heavy atom. The van der Waals surface area contributed by atoms with Crippen LogP contribution in [0.25, 0.3) is 22.0 Å². The summed E-state index contributed by atoms with van der Waals surface area (Å²) in [7, 11) is 0. The van der Waals surface area contributed by atoms with E-state index in [1.807, 2.05) is 29.7 Å². The number of benzene rings is 2. The zero-order valence-electron chi connectivity index (χ0n) is 14.5. The van der Waals surface area contributed by atoms with E-state index in [9.17, 15) is 14.3 Å². The maximum Gasteiger partial charge on any atom is 0.335 e. The predicted octanol–water partition coefficient (Wildman–Crippen LogP) is 5.57. The summed E-state index contributed by atoms with van der Waals surface area (Å²) in [4.78, 5) is 13.8. The molecule has 0 saturated carbocycles. The highest BCUT2D eigenvalue weighted by Gasteiger charge is 2.18. The van der Waals surface area contributed by atoms with Gasteiger partial charge in [-0.15, -0.1) is 0 Å². The second-order valence-corrected chi connectivity index (χ2v) is 6.79. The third-order valence-corrected chi connectivity index (χ3v) is 4.78. The molecule has 0 saturated heterocycles. The fourth-order valence-electron chi connectivity index (χ4n) is 3.19. The van der Waals surface area contributed by atoms with E-state index in [1.165, 1.54) is 12.1 Å². The number of allylic oxidation sites excluding steroid dienone is 1. The number of hydrogen-bond acceptors (Lipinski definition) is 2. The number of aromatic nitrogens is 1. The molecule has 7 heteroatoms. The van der Waals surface area contributed by atoms with E-state index >= 15 is 0 Å². The van der Waals surface area contributed by atoms with Crippen LogP contribution in [0.2, 0.25) is 5.02 Å². The number of carboxylic acids is 1. The minimum Gasteiger partial charge on any atom is -0.478 e. The molecule has 0 spiro atoms. The zero-order valence-corrected chi connectivity index (χ0v) is 16.0. The third kappa shape index (κ3) is 4.00. The molecule has 3 rings (SSSR count). The molecule has 0 radical (unpaired) electrons. The number of nitrogens with zero attached hydrogens (tertiary/aromatic N) is 1. The Hall–Kier alpha value is -2.34. The van der Waals surface area contributed by atoms with Crippen molar-refractivity contribution in [2.24, 2.45) is 0 Å². The first kappa shape index (κ1) is 19.4. The van der Waals surface area contributed by atoms with Crippen LogP contribution in [-0.2, 0) is 6.54 Å². The first-order valence-corrected chi connectivity index (χ1v) is 8.98. The number of carbonyl (C=O) groups is 1. The van der Waals surface area contributed by atoms with E-state index in [0.29, 0.717) is 5.02 Å². The van der Waals surface area contributed by atoms with Crippen molar-refractivity contribution in [3.63, 3.8) is 0 Å². The lowest BCUT2D eigenvalue weighted by Crippen LogP contribution is -2.04. The lowest BCUT2D eigenvalue weighted by molar-refractivity contribution is 0.0697. The van der Waals surface area contributed by atoms with E-state index in [1.54, 1.807) is 18.2 Å². The molecule has 0 fully saturated rings. The van der Waals surface area contributed by atoms with E-state index in [-0.39, 0.29) is 24.5 Å². The van der Waals surface area contributed by atoms with Crippen LogP contribution < -0.4 is 4.84 Å². The average molecular weight is 407 g/mol. The Labute approximate surface area is 165 Å². The fourth-order valence-corrected chi connectivity index (χ4v) is 3.46. The van der Waals surface area contributed by atoms with Crippen LogP contribution in [0.15, 0.2) is 54.4 Å². The first-order valence-electron chi connectivity index (χ1n) is 8.22. The summed E-state index contributed by atoms with van der Waals surface area (Å²) in [6.45, 7) is 2.10. The molecule has 2 N–H and O–H groups in total. The largest absolute Gasteiger partial charge is 0.478 e. The van der Waals surface area contributed by atoms with Gasteiger partial charge in [0.15, 0.2) is 0 Å². The van der Waals surface area contributed by atoms with Gasteiger partial charge in [-0.25, -0.2) is 14.0 Å². The quantitative estimate of drug-likeness (QED) is 0.526. The fraction of sp³-hybridized carbons (Fsp3) is 0.150. The van der Waals surface area contributed by atoms with Crippen molar-refractivity contribution in [2.45, 2.75) is 13.5 Å². The van der Waals surface area contributed by atoms with Crippen molar-refractivity contribution in [2.75, 3.05) is 6.54 Å². The van der Waals surface area contributed by atoms with Crippen molar-refractivity contribution < 1.29 is 14.3 Å². The number of hydrogen-bond donors (Lipinski definition) is 2. The molecular weight excluding hydrogens is 390 g/mol. The standard InChI is InChI=1S/C20H17Cl2FN2O2/c1-12-19(13-3-2-4-15(21)9-13)17-10-14(20(26)27)5-6-18(17)25(12)11-16(23)7-8-24-22/h2-7,9-10,24H,8,11H2,1H3,(H,26,27)/b16-7-. The Morgan fingerprint density at radius 2 is 2.07 bits per heavy atom. The van der Waals surface area contributed by atoms with Gasteiger partial charge in [-0.1, -0.05) is 23.7 Å². The molecule has 3 aromatic rings. The second-order valence-electron chi connectivity index (χ2n) is 6.08. The van der Waals surface area contributed by atoms with Gasteiger partial charge in [0.25, 0.3) is 0 Å². The van der Waals surface area contributed by atoms with Gasteiger partial charge >= 0.3 is 5.97 Å².